The second-order valence-electron chi connectivity index (χ2n) is 4.58. The molecule has 0 bridgehead atoms. The molecule has 2 N–H and O–H groups in total. The predicted octanol–water partition coefficient (Wildman–Crippen LogP) is 2.62. The molecule has 0 aromatic carbocycles. The topological polar surface area (TPSA) is 40.5 Å². The first-order valence-corrected chi connectivity index (χ1v) is 6.15. The van der Waals surface area contributed by atoms with Crippen molar-refractivity contribution >= 4 is 0 Å². The third kappa shape index (κ3) is 5.61. The van der Waals surface area contributed by atoms with Gasteiger partial charge in [-0.15, -0.1) is 0 Å². The van der Waals surface area contributed by atoms with Gasteiger partial charge in [-0.2, -0.15) is 0 Å². The van der Waals surface area contributed by atoms with Crippen molar-refractivity contribution in [3.63, 3.8) is 0 Å². The van der Waals surface area contributed by atoms with Crippen LogP contribution in [0.25, 0.3) is 0 Å². The fourth-order valence-electron chi connectivity index (χ4n) is 2.16. The SMILES string of the molecule is OC1CCCCCCC(O)CCCC1. The Morgan fingerprint density at radius 2 is 0.786 bits per heavy atom. The Hall–Kier alpha value is -0.0800. The summed E-state index contributed by atoms with van der Waals surface area (Å²) in [6, 6.07) is 0. The van der Waals surface area contributed by atoms with E-state index >= 15 is 0 Å². The zero-order chi connectivity index (χ0) is 10.2. The first kappa shape index (κ1) is 12.0. The van der Waals surface area contributed by atoms with Gasteiger partial charge in [-0.05, 0) is 25.7 Å². The lowest BCUT2D eigenvalue weighted by molar-refractivity contribution is 0.127. The average Bonchev–Trinajstić information content (AvgIpc) is 2.16. The van der Waals surface area contributed by atoms with Gasteiger partial charge in [-0.3, -0.25) is 0 Å². The molecule has 84 valence electrons. The summed E-state index contributed by atoms with van der Waals surface area (Å²) < 4.78 is 0. The summed E-state index contributed by atoms with van der Waals surface area (Å²) >= 11 is 0. The summed E-state index contributed by atoms with van der Waals surface area (Å²) in [5, 5.41) is 19.2. The summed E-state index contributed by atoms with van der Waals surface area (Å²) in [6.45, 7) is 0. The van der Waals surface area contributed by atoms with E-state index in [0.717, 1.165) is 51.4 Å². The Balaban J connectivity index is 2.20. The van der Waals surface area contributed by atoms with Gasteiger partial charge in [-0.25, -0.2) is 0 Å². The third-order valence-electron chi connectivity index (χ3n) is 3.15. The van der Waals surface area contributed by atoms with E-state index in [4.69, 9.17) is 0 Å². The van der Waals surface area contributed by atoms with Gasteiger partial charge in [0.1, 0.15) is 0 Å². The Kier molecular flexibility index (Phi) is 6.20. The molecule has 0 aliphatic heterocycles. The van der Waals surface area contributed by atoms with Crippen LogP contribution in [0, 0.1) is 0 Å². The highest BCUT2D eigenvalue weighted by molar-refractivity contribution is 4.62. The number of hydrogen-bond acceptors (Lipinski definition) is 2. The van der Waals surface area contributed by atoms with Gasteiger partial charge < -0.3 is 10.2 Å². The summed E-state index contributed by atoms with van der Waals surface area (Å²) in [7, 11) is 0. The maximum absolute atomic E-state index is 9.60. The second kappa shape index (κ2) is 7.24. The van der Waals surface area contributed by atoms with Crippen LogP contribution in [0.2, 0.25) is 0 Å². The summed E-state index contributed by atoms with van der Waals surface area (Å²) in [6.07, 6.45) is 10.5. The van der Waals surface area contributed by atoms with Crippen LogP contribution in [0.1, 0.15) is 64.2 Å². The van der Waals surface area contributed by atoms with Crippen LogP contribution in [-0.2, 0) is 0 Å². The van der Waals surface area contributed by atoms with E-state index in [0.29, 0.717) is 0 Å². The monoisotopic (exact) mass is 200 g/mol. The molecule has 2 nitrogen and oxygen atoms in total. The lowest BCUT2D eigenvalue weighted by Crippen LogP contribution is -2.10. The number of aliphatic hydroxyl groups excluding tert-OH is 2. The molecule has 0 heterocycles. The van der Waals surface area contributed by atoms with Crippen LogP contribution >= 0.6 is 0 Å². The van der Waals surface area contributed by atoms with Crippen molar-refractivity contribution in [1.29, 1.82) is 0 Å². The largest absolute Gasteiger partial charge is 0.393 e. The van der Waals surface area contributed by atoms with Crippen LogP contribution in [-0.4, -0.2) is 22.4 Å². The Morgan fingerprint density at radius 3 is 1.14 bits per heavy atom. The van der Waals surface area contributed by atoms with E-state index in [-0.39, 0.29) is 12.2 Å². The van der Waals surface area contributed by atoms with Gasteiger partial charge >= 0.3 is 0 Å². The second-order valence-corrected chi connectivity index (χ2v) is 4.58. The zero-order valence-electron chi connectivity index (χ0n) is 9.12. The highest BCUT2D eigenvalue weighted by atomic mass is 16.3. The lowest BCUT2D eigenvalue weighted by atomic mass is 9.98. The van der Waals surface area contributed by atoms with Crippen molar-refractivity contribution < 1.29 is 10.2 Å². The van der Waals surface area contributed by atoms with E-state index in [1.807, 2.05) is 0 Å². The quantitative estimate of drug-likeness (QED) is 0.631. The summed E-state index contributed by atoms with van der Waals surface area (Å²) in [4.78, 5) is 0. The molecular formula is C12H24O2. The van der Waals surface area contributed by atoms with Crippen LogP contribution in [0.15, 0.2) is 0 Å². The van der Waals surface area contributed by atoms with E-state index < -0.39 is 0 Å². The van der Waals surface area contributed by atoms with Gasteiger partial charge in [0, 0.05) is 0 Å². The third-order valence-corrected chi connectivity index (χ3v) is 3.15. The molecule has 0 spiro atoms. The number of rotatable bonds is 0. The van der Waals surface area contributed by atoms with Gasteiger partial charge in [0.2, 0.25) is 0 Å². The van der Waals surface area contributed by atoms with Crippen molar-refractivity contribution in [2.24, 2.45) is 0 Å². The minimum Gasteiger partial charge on any atom is -0.393 e. The maximum Gasteiger partial charge on any atom is 0.0540 e. The van der Waals surface area contributed by atoms with Crippen molar-refractivity contribution in [2.75, 3.05) is 0 Å². The minimum absolute atomic E-state index is 0.0911. The molecule has 0 amide bonds. The molecule has 1 rings (SSSR count). The van der Waals surface area contributed by atoms with Gasteiger partial charge in [0.05, 0.1) is 12.2 Å². The molecule has 0 aromatic heterocycles. The molecule has 1 saturated carbocycles. The normalized spacial score (nSPS) is 33.0. The fraction of sp³-hybridized carbons (Fsp3) is 1.00. The van der Waals surface area contributed by atoms with Crippen molar-refractivity contribution in [3.05, 3.63) is 0 Å². The fourth-order valence-corrected chi connectivity index (χ4v) is 2.16. The van der Waals surface area contributed by atoms with E-state index in [2.05, 4.69) is 0 Å². The molecule has 2 atom stereocenters. The van der Waals surface area contributed by atoms with Crippen molar-refractivity contribution in [2.45, 2.75) is 76.4 Å². The molecule has 0 saturated heterocycles. The summed E-state index contributed by atoms with van der Waals surface area (Å²) in [5.41, 5.74) is 0. The van der Waals surface area contributed by atoms with Crippen molar-refractivity contribution in [1.82, 2.24) is 0 Å². The molecule has 2 unspecified atom stereocenters. The molecule has 1 aliphatic rings. The molecule has 0 aromatic rings. The standard InChI is InChI=1S/C12H24O2/c13-11-7-3-1-2-4-8-12(14)10-6-5-9-11/h11-14H,1-10H2. The van der Waals surface area contributed by atoms with Crippen LogP contribution in [0.3, 0.4) is 0 Å². The van der Waals surface area contributed by atoms with Gasteiger partial charge in [0.25, 0.3) is 0 Å². The van der Waals surface area contributed by atoms with Crippen molar-refractivity contribution in [3.8, 4) is 0 Å². The molecule has 2 heteroatoms. The van der Waals surface area contributed by atoms with E-state index in [9.17, 15) is 10.2 Å². The zero-order valence-corrected chi connectivity index (χ0v) is 9.12. The lowest BCUT2D eigenvalue weighted by Gasteiger charge is -2.14. The highest BCUT2D eigenvalue weighted by Gasteiger charge is 2.08. The first-order valence-electron chi connectivity index (χ1n) is 6.15. The Morgan fingerprint density at radius 1 is 0.500 bits per heavy atom. The maximum atomic E-state index is 9.60. The summed E-state index contributed by atoms with van der Waals surface area (Å²) in [5.74, 6) is 0. The highest BCUT2D eigenvalue weighted by Crippen LogP contribution is 2.16. The predicted molar refractivity (Wildman–Crippen MR) is 58.2 cm³/mol. The molecule has 0 radical (unpaired) electrons. The molecule has 1 fully saturated rings. The van der Waals surface area contributed by atoms with Gasteiger partial charge in [0.15, 0.2) is 0 Å². The molecule has 14 heavy (non-hydrogen) atoms. The van der Waals surface area contributed by atoms with Gasteiger partial charge in [-0.1, -0.05) is 38.5 Å². The van der Waals surface area contributed by atoms with E-state index in [1.165, 1.54) is 12.8 Å². The minimum atomic E-state index is -0.0911. The smallest absolute Gasteiger partial charge is 0.0540 e. The molecule has 1 aliphatic carbocycles. The van der Waals surface area contributed by atoms with E-state index in [1.54, 1.807) is 0 Å². The number of aliphatic hydroxyl groups is 2. The molecular weight excluding hydrogens is 176 g/mol. The first-order chi connectivity index (χ1) is 6.79. The number of hydrogen-bond donors (Lipinski definition) is 2. The van der Waals surface area contributed by atoms with Crippen LogP contribution < -0.4 is 0 Å². The Bertz CT molecular complexity index is 120. The van der Waals surface area contributed by atoms with Crippen LogP contribution in [0.5, 0.6) is 0 Å². The van der Waals surface area contributed by atoms with Crippen LogP contribution in [0.4, 0.5) is 0 Å². The average molecular weight is 200 g/mol. The Labute approximate surface area is 87.3 Å².